The second-order valence-corrected chi connectivity index (χ2v) is 10.1. The molecule has 0 saturated heterocycles. The first-order chi connectivity index (χ1) is 11.7. The fraction of sp³-hybridized carbons (Fsp3) is 0.100. The highest BCUT2D eigenvalue weighted by Gasteiger charge is 2.23. The molecule has 2 aliphatic rings. The van der Waals surface area contributed by atoms with E-state index in [1.54, 1.807) is 0 Å². The Bertz CT molecular complexity index is 782. The molecule has 0 atom stereocenters. The van der Waals surface area contributed by atoms with Crippen molar-refractivity contribution in [1.82, 2.24) is 0 Å². The van der Waals surface area contributed by atoms with Crippen LogP contribution in [0.4, 0.5) is 0 Å². The summed E-state index contributed by atoms with van der Waals surface area (Å²) in [5.74, 6) is 0. The van der Waals surface area contributed by atoms with E-state index in [1.807, 2.05) is 47.0 Å². The van der Waals surface area contributed by atoms with E-state index in [4.69, 9.17) is 0 Å². The van der Waals surface area contributed by atoms with Crippen LogP contribution in [-0.4, -0.2) is 0 Å². The Morgan fingerprint density at radius 1 is 0.542 bits per heavy atom. The van der Waals surface area contributed by atoms with Crippen molar-refractivity contribution in [3.05, 3.63) is 90.1 Å². The van der Waals surface area contributed by atoms with Gasteiger partial charge in [0.1, 0.15) is 0 Å². The molecular formula is C20H16S4. The van der Waals surface area contributed by atoms with Gasteiger partial charge in [0.15, 0.2) is 0 Å². The van der Waals surface area contributed by atoms with Crippen LogP contribution in [0.25, 0.3) is 9.81 Å². The zero-order valence-corrected chi connectivity index (χ0v) is 16.7. The first kappa shape index (κ1) is 16.5. The molecule has 0 nitrogen and oxygen atoms in total. The lowest BCUT2D eigenvalue weighted by Gasteiger charge is -2.05. The molecule has 0 unspecified atom stereocenters. The second kappa shape index (κ2) is 7.12. The van der Waals surface area contributed by atoms with E-state index in [-0.39, 0.29) is 0 Å². The summed E-state index contributed by atoms with van der Waals surface area (Å²) in [5.41, 5.74) is 5.24. The lowest BCUT2D eigenvalue weighted by molar-refractivity contribution is 1.46. The van der Waals surface area contributed by atoms with Crippen LogP contribution in [0, 0.1) is 13.8 Å². The third-order valence-electron chi connectivity index (χ3n) is 3.79. The molecule has 0 bridgehead atoms. The van der Waals surface area contributed by atoms with Crippen molar-refractivity contribution in [2.75, 3.05) is 0 Å². The molecule has 0 radical (unpaired) electrons. The van der Waals surface area contributed by atoms with Crippen molar-refractivity contribution >= 4 is 56.9 Å². The Morgan fingerprint density at radius 3 is 1.29 bits per heavy atom. The summed E-state index contributed by atoms with van der Waals surface area (Å²) in [6.45, 7) is 4.26. The molecular weight excluding hydrogens is 368 g/mol. The third kappa shape index (κ3) is 3.52. The van der Waals surface area contributed by atoms with E-state index in [0.29, 0.717) is 0 Å². The zero-order chi connectivity index (χ0) is 16.5. The maximum atomic E-state index is 2.28. The van der Waals surface area contributed by atoms with Gasteiger partial charge in [0, 0.05) is 9.81 Å². The van der Waals surface area contributed by atoms with Gasteiger partial charge in [-0.15, -0.1) is 0 Å². The summed E-state index contributed by atoms with van der Waals surface area (Å²) >= 11 is 7.49. The van der Waals surface area contributed by atoms with Gasteiger partial charge in [-0.2, -0.15) is 0 Å². The monoisotopic (exact) mass is 384 g/mol. The zero-order valence-electron chi connectivity index (χ0n) is 13.4. The van der Waals surface area contributed by atoms with Crippen molar-refractivity contribution in [2.45, 2.75) is 13.8 Å². The quantitative estimate of drug-likeness (QED) is 0.520. The van der Waals surface area contributed by atoms with Gasteiger partial charge in [-0.3, -0.25) is 0 Å². The lowest BCUT2D eigenvalue weighted by Crippen LogP contribution is -1.78. The van der Waals surface area contributed by atoms with Gasteiger partial charge in [0.25, 0.3) is 0 Å². The maximum absolute atomic E-state index is 2.28. The Balaban J connectivity index is 1.48. The van der Waals surface area contributed by atoms with Crippen molar-refractivity contribution < 1.29 is 0 Å². The van der Waals surface area contributed by atoms with Crippen LogP contribution < -0.4 is 0 Å². The molecule has 0 N–H and O–H groups in total. The largest absolute Gasteiger partial charge is 0.0878 e. The molecule has 2 aliphatic heterocycles. The summed E-state index contributed by atoms with van der Waals surface area (Å²) in [7, 11) is 0. The molecule has 4 rings (SSSR count). The molecule has 4 heteroatoms. The molecule has 0 spiro atoms. The average molecular weight is 385 g/mol. The molecule has 120 valence electrons. The minimum atomic E-state index is 1.31. The molecule has 24 heavy (non-hydrogen) atoms. The number of hydrogen-bond donors (Lipinski definition) is 0. The van der Waals surface area contributed by atoms with Gasteiger partial charge in [-0.25, -0.2) is 0 Å². The van der Waals surface area contributed by atoms with Gasteiger partial charge < -0.3 is 0 Å². The van der Waals surface area contributed by atoms with Crippen molar-refractivity contribution in [2.24, 2.45) is 0 Å². The standard InChI is InChI=1S/C20H16S4/c1-13-3-7-15(8-4-13)17-11-21-19(23-17)20-22-12-18(24-20)16-9-5-14(2)6-10-16/h3-12H,1-2H3. The number of aryl methyl sites for hydroxylation is 2. The van der Waals surface area contributed by atoms with E-state index < -0.39 is 0 Å². The third-order valence-corrected chi connectivity index (χ3v) is 9.15. The van der Waals surface area contributed by atoms with Crippen LogP contribution in [-0.2, 0) is 0 Å². The number of thioether (sulfide) groups is 4. The van der Waals surface area contributed by atoms with Crippen LogP contribution in [0.3, 0.4) is 0 Å². The van der Waals surface area contributed by atoms with Crippen LogP contribution >= 0.6 is 47.0 Å². The second-order valence-electron chi connectivity index (χ2n) is 5.71. The Morgan fingerprint density at radius 2 is 0.917 bits per heavy atom. The van der Waals surface area contributed by atoms with Crippen LogP contribution in [0.2, 0.25) is 0 Å². The molecule has 2 heterocycles. The first-order valence-corrected chi connectivity index (χ1v) is 11.1. The van der Waals surface area contributed by atoms with Crippen LogP contribution in [0.5, 0.6) is 0 Å². The van der Waals surface area contributed by atoms with Crippen molar-refractivity contribution in [3.8, 4) is 0 Å². The fourth-order valence-electron chi connectivity index (χ4n) is 2.38. The SMILES string of the molecule is Cc1ccc(C2=CSC(=C3SC=C(c4ccc(C)cc4)S3)S2)cc1. The van der Waals surface area contributed by atoms with Gasteiger partial charge >= 0.3 is 0 Å². The molecule has 0 saturated carbocycles. The Kier molecular flexibility index (Phi) is 4.90. The highest BCUT2D eigenvalue weighted by Crippen LogP contribution is 2.58. The van der Waals surface area contributed by atoms with E-state index >= 15 is 0 Å². The number of rotatable bonds is 2. The van der Waals surface area contributed by atoms with Gasteiger partial charge in [-0.1, -0.05) is 107 Å². The number of benzene rings is 2. The Hall–Kier alpha value is -0.940. The molecule has 2 aromatic rings. The summed E-state index contributed by atoms with van der Waals surface area (Å²) < 4.78 is 2.80. The van der Waals surface area contributed by atoms with Gasteiger partial charge in [-0.05, 0) is 35.8 Å². The smallest absolute Gasteiger partial charge is 0.0700 e. The number of hydrogen-bond acceptors (Lipinski definition) is 4. The predicted molar refractivity (Wildman–Crippen MR) is 116 cm³/mol. The van der Waals surface area contributed by atoms with Crippen molar-refractivity contribution in [1.29, 1.82) is 0 Å². The topological polar surface area (TPSA) is 0 Å². The highest BCUT2D eigenvalue weighted by molar-refractivity contribution is 8.36. The minimum Gasteiger partial charge on any atom is -0.0878 e. The first-order valence-electron chi connectivity index (χ1n) is 7.67. The predicted octanol–water partition coefficient (Wildman–Crippen LogP) is 7.69. The molecule has 0 fully saturated rings. The Labute approximate surface area is 160 Å². The molecule has 2 aromatic carbocycles. The van der Waals surface area contributed by atoms with Crippen LogP contribution in [0.1, 0.15) is 22.3 Å². The summed E-state index contributed by atoms with van der Waals surface area (Å²) in [4.78, 5) is 2.71. The summed E-state index contributed by atoms with van der Waals surface area (Å²) in [6.07, 6.45) is 0. The van der Waals surface area contributed by atoms with Gasteiger partial charge in [0.2, 0.25) is 0 Å². The van der Waals surface area contributed by atoms with Crippen molar-refractivity contribution in [3.63, 3.8) is 0 Å². The molecule has 0 aliphatic carbocycles. The normalized spacial score (nSPS) is 20.2. The fourth-order valence-corrected chi connectivity index (χ4v) is 7.31. The molecule has 0 aromatic heterocycles. The summed E-state index contributed by atoms with van der Waals surface area (Å²) in [6, 6.07) is 17.6. The lowest BCUT2D eigenvalue weighted by atomic mass is 10.1. The van der Waals surface area contributed by atoms with E-state index in [0.717, 1.165) is 0 Å². The minimum absolute atomic E-state index is 1.31. The average Bonchev–Trinajstić information content (AvgIpc) is 3.25. The van der Waals surface area contributed by atoms with Crippen LogP contribution in [0.15, 0.2) is 67.8 Å². The highest BCUT2D eigenvalue weighted by atomic mass is 32.2. The van der Waals surface area contributed by atoms with E-state index in [9.17, 15) is 0 Å². The summed E-state index contributed by atoms with van der Waals surface area (Å²) in [5, 5.41) is 4.56. The van der Waals surface area contributed by atoms with E-state index in [1.165, 1.54) is 40.5 Å². The van der Waals surface area contributed by atoms with Gasteiger partial charge in [0.05, 0.1) is 8.47 Å². The molecule has 0 amide bonds. The maximum Gasteiger partial charge on any atom is 0.0700 e. The van der Waals surface area contributed by atoms with E-state index in [2.05, 4.69) is 73.2 Å².